The molecule has 4 fully saturated rings. The molecule has 1 aromatic heterocycles. The number of esters is 1. The van der Waals surface area contributed by atoms with Gasteiger partial charge in [0, 0.05) is 31.2 Å². The molecule has 1 saturated carbocycles. The zero-order valence-corrected chi connectivity index (χ0v) is 18.4. The van der Waals surface area contributed by atoms with E-state index in [4.69, 9.17) is 4.74 Å². The van der Waals surface area contributed by atoms with E-state index in [0.29, 0.717) is 22.8 Å². The molecule has 1 aliphatic carbocycles. The average Bonchev–Trinajstić information content (AvgIpc) is 3.32. The molecule has 168 valence electrons. The van der Waals surface area contributed by atoms with Crippen molar-refractivity contribution in [2.45, 2.75) is 50.0 Å². The first-order valence-electron chi connectivity index (χ1n) is 11.8. The summed E-state index contributed by atoms with van der Waals surface area (Å²) in [4.78, 5) is 34.4. The maximum absolute atomic E-state index is 13.6. The molecular formula is C25H31N4O3+. The van der Waals surface area contributed by atoms with Crippen LogP contribution >= 0.6 is 0 Å². The first-order chi connectivity index (χ1) is 15.6. The highest BCUT2D eigenvalue weighted by molar-refractivity contribution is 5.90. The highest BCUT2D eigenvalue weighted by atomic mass is 16.5. The van der Waals surface area contributed by atoms with Gasteiger partial charge in [-0.3, -0.25) is 14.6 Å². The fourth-order valence-electron chi connectivity index (χ4n) is 6.02. The van der Waals surface area contributed by atoms with Crippen LogP contribution in [0.5, 0.6) is 0 Å². The number of anilines is 1. The lowest BCUT2D eigenvalue weighted by Crippen LogP contribution is -2.66. The molecule has 4 heterocycles. The predicted octanol–water partition coefficient (Wildman–Crippen LogP) is 3.08. The number of ether oxygens (including phenoxy) is 1. The maximum atomic E-state index is 13.6. The summed E-state index contributed by atoms with van der Waals surface area (Å²) in [6, 6.07) is 10.1. The summed E-state index contributed by atoms with van der Waals surface area (Å²) in [7, 11) is 0. The zero-order valence-electron chi connectivity index (χ0n) is 18.4. The third kappa shape index (κ3) is 4.01. The number of piperidine rings is 3. The third-order valence-electron chi connectivity index (χ3n) is 7.78. The molecule has 1 aromatic carbocycles. The van der Waals surface area contributed by atoms with Crippen molar-refractivity contribution >= 4 is 17.7 Å². The molecule has 0 unspecified atom stereocenters. The van der Waals surface area contributed by atoms with E-state index in [0.717, 1.165) is 63.7 Å². The molecule has 0 radical (unpaired) electrons. The fourth-order valence-corrected chi connectivity index (χ4v) is 6.02. The third-order valence-corrected chi connectivity index (χ3v) is 7.78. The molecule has 2 bridgehead atoms. The summed E-state index contributed by atoms with van der Waals surface area (Å²) in [6.07, 6.45) is 10.4. The highest BCUT2D eigenvalue weighted by Gasteiger charge is 2.51. The van der Waals surface area contributed by atoms with E-state index in [1.165, 1.54) is 0 Å². The Kier molecular flexibility index (Phi) is 5.67. The predicted molar refractivity (Wildman–Crippen MR) is 120 cm³/mol. The van der Waals surface area contributed by atoms with Crippen molar-refractivity contribution in [3.8, 4) is 0 Å². The second-order valence-corrected chi connectivity index (χ2v) is 9.70. The van der Waals surface area contributed by atoms with Gasteiger partial charge >= 0.3 is 5.97 Å². The van der Waals surface area contributed by atoms with Crippen LogP contribution in [0, 0.1) is 5.92 Å². The lowest BCUT2D eigenvalue weighted by molar-refractivity contribution is -0.939. The standard InChI is InChI=1S/C25H30N4O3/c30-23(28-22-16-26-12-13-27-22)18-29-14-8-19(9-15-29)21(17-29)32-24(31)25(10-4-5-11-25)20-6-2-1-3-7-20/h1-3,6-7,12-13,16,19,21H,4-5,8-11,14-15,17-18H2/p+1/t19?,21-,29?/m0/s1. The smallest absolute Gasteiger partial charge is 0.317 e. The summed E-state index contributed by atoms with van der Waals surface area (Å²) in [5.41, 5.74) is 0.567. The number of nitrogens with zero attached hydrogens (tertiary/aromatic N) is 3. The van der Waals surface area contributed by atoms with Crippen LogP contribution in [0.25, 0.3) is 0 Å². The first kappa shape index (κ1) is 21.1. The topological polar surface area (TPSA) is 81.2 Å². The van der Waals surface area contributed by atoms with Gasteiger partial charge in [0.15, 0.2) is 18.5 Å². The number of fused-ring (bicyclic) bond motifs is 3. The largest absolute Gasteiger partial charge is 0.455 e. The lowest BCUT2D eigenvalue weighted by atomic mass is 9.78. The number of hydrogen-bond donors (Lipinski definition) is 1. The second-order valence-electron chi connectivity index (χ2n) is 9.70. The van der Waals surface area contributed by atoms with Gasteiger partial charge in [-0.25, -0.2) is 4.98 Å². The van der Waals surface area contributed by atoms with E-state index in [1.54, 1.807) is 18.6 Å². The minimum absolute atomic E-state index is 0.0625. The van der Waals surface area contributed by atoms with E-state index in [2.05, 4.69) is 27.4 Å². The van der Waals surface area contributed by atoms with Gasteiger partial charge in [-0.05, 0) is 18.4 Å². The molecule has 7 nitrogen and oxygen atoms in total. The van der Waals surface area contributed by atoms with Crippen molar-refractivity contribution < 1.29 is 18.8 Å². The van der Waals surface area contributed by atoms with E-state index >= 15 is 0 Å². The Balaban J connectivity index is 1.28. The Hall–Kier alpha value is -2.80. The second kappa shape index (κ2) is 8.62. The van der Waals surface area contributed by atoms with E-state index < -0.39 is 5.41 Å². The van der Waals surface area contributed by atoms with Crippen LogP contribution < -0.4 is 5.32 Å². The Morgan fingerprint density at radius 2 is 1.84 bits per heavy atom. The van der Waals surface area contributed by atoms with E-state index in [9.17, 15) is 9.59 Å². The maximum Gasteiger partial charge on any atom is 0.317 e. The van der Waals surface area contributed by atoms with Gasteiger partial charge in [-0.15, -0.1) is 0 Å². The van der Waals surface area contributed by atoms with Crippen LogP contribution in [0.15, 0.2) is 48.9 Å². The number of rotatable bonds is 6. The quantitative estimate of drug-likeness (QED) is 0.557. The lowest BCUT2D eigenvalue weighted by Gasteiger charge is -2.51. The number of nitrogens with one attached hydrogen (secondary N) is 1. The van der Waals surface area contributed by atoms with Crippen LogP contribution in [0.2, 0.25) is 0 Å². The monoisotopic (exact) mass is 435 g/mol. The Morgan fingerprint density at radius 3 is 2.53 bits per heavy atom. The fraction of sp³-hybridized carbons (Fsp3) is 0.520. The van der Waals surface area contributed by atoms with E-state index in [-0.39, 0.29) is 18.0 Å². The van der Waals surface area contributed by atoms with Crippen molar-refractivity contribution in [2.24, 2.45) is 5.92 Å². The van der Waals surface area contributed by atoms with Gasteiger partial charge in [0.2, 0.25) is 0 Å². The minimum Gasteiger partial charge on any atom is -0.455 e. The van der Waals surface area contributed by atoms with Crippen molar-refractivity contribution in [2.75, 3.05) is 31.5 Å². The SMILES string of the molecule is O=C(C[N+]12CCC(CC1)[C@@H](OC(=O)C1(c3ccccc3)CCCC1)C2)Nc1cnccn1. The summed E-state index contributed by atoms with van der Waals surface area (Å²) in [5, 5.41) is 2.86. The van der Waals surface area contributed by atoms with Gasteiger partial charge in [-0.1, -0.05) is 43.2 Å². The van der Waals surface area contributed by atoms with Crippen molar-refractivity contribution in [1.29, 1.82) is 0 Å². The summed E-state index contributed by atoms with van der Waals surface area (Å²) in [6.45, 7) is 3.00. The van der Waals surface area contributed by atoms with Gasteiger partial charge in [0.25, 0.3) is 5.91 Å². The zero-order chi connectivity index (χ0) is 22.0. The highest BCUT2D eigenvalue weighted by Crippen LogP contribution is 2.44. The molecule has 4 aliphatic rings. The van der Waals surface area contributed by atoms with Crippen molar-refractivity contribution in [3.63, 3.8) is 0 Å². The summed E-state index contributed by atoms with van der Waals surface area (Å²) < 4.78 is 6.96. The Morgan fingerprint density at radius 1 is 1.09 bits per heavy atom. The molecule has 3 aliphatic heterocycles. The number of amides is 1. The number of quaternary nitrogens is 1. The van der Waals surface area contributed by atoms with Gasteiger partial charge in [0.05, 0.1) is 24.7 Å². The number of hydrogen-bond acceptors (Lipinski definition) is 5. The van der Waals surface area contributed by atoms with Crippen LogP contribution in [0.3, 0.4) is 0 Å². The molecule has 3 saturated heterocycles. The number of benzene rings is 1. The average molecular weight is 436 g/mol. The minimum atomic E-state index is -0.512. The number of aromatic nitrogens is 2. The van der Waals surface area contributed by atoms with Crippen LogP contribution in [0.1, 0.15) is 44.1 Å². The van der Waals surface area contributed by atoms with Crippen LogP contribution in [-0.2, 0) is 19.7 Å². The number of carbonyl (C=O) groups excluding carboxylic acids is 2. The van der Waals surface area contributed by atoms with Gasteiger partial charge in [0.1, 0.15) is 6.54 Å². The molecule has 6 rings (SSSR count). The molecule has 1 amide bonds. The molecule has 32 heavy (non-hydrogen) atoms. The Bertz CT molecular complexity index is 952. The van der Waals surface area contributed by atoms with Gasteiger partial charge in [-0.2, -0.15) is 0 Å². The Labute approximate surface area is 188 Å². The first-order valence-corrected chi connectivity index (χ1v) is 11.8. The van der Waals surface area contributed by atoms with Crippen LogP contribution in [-0.4, -0.2) is 58.6 Å². The molecule has 0 spiro atoms. The van der Waals surface area contributed by atoms with Crippen molar-refractivity contribution in [3.05, 3.63) is 54.5 Å². The molecule has 2 aromatic rings. The molecular weight excluding hydrogens is 404 g/mol. The van der Waals surface area contributed by atoms with Crippen LogP contribution in [0.4, 0.5) is 5.82 Å². The normalized spacial score (nSPS) is 28.2. The molecule has 1 atom stereocenters. The molecule has 1 N–H and O–H groups in total. The summed E-state index contributed by atoms with van der Waals surface area (Å²) >= 11 is 0. The van der Waals surface area contributed by atoms with E-state index in [1.807, 2.05) is 18.2 Å². The molecule has 7 heteroatoms. The van der Waals surface area contributed by atoms with Crippen molar-refractivity contribution in [1.82, 2.24) is 9.97 Å². The summed E-state index contributed by atoms with van der Waals surface area (Å²) in [5.74, 6) is 0.738. The van der Waals surface area contributed by atoms with Gasteiger partial charge < -0.3 is 14.5 Å². The number of carbonyl (C=O) groups is 2.